The third-order valence-corrected chi connectivity index (χ3v) is 8.22. The van der Waals surface area contributed by atoms with Gasteiger partial charge in [-0.05, 0) is 25.2 Å². The van der Waals surface area contributed by atoms with Crippen LogP contribution in [-0.4, -0.2) is 75.4 Å². The summed E-state index contributed by atoms with van der Waals surface area (Å²) in [5.41, 5.74) is -4.36. The van der Waals surface area contributed by atoms with Crippen LogP contribution in [0.25, 0.3) is 0 Å². The number of ketones is 1. The van der Waals surface area contributed by atoms with Gasteiger partial charge in [0.2, 0.25) is 0 Å². The number of aliphatic hydroxyl groups is 3. The third-order valence-electron chi connectivity index (χ3n) is 8.22. The Morgan fingerprint density at radius 2 is 1.86 bits per heavy atom. The van der Waals surface area contributed by atoms with E-state index in [1.54, 1.807) is 13.8 Å². The topological polar surface area (TPSA) is 123 Å². The standard InChI is InChI=1S/C21H32O8/c1-10(23)27-15-14(26)16-18(2,3)7-6-11(24)20(16,5)21-12(25)8-19(4,29-17(15)21)13(9-22)28-21/h11,13-17,22,24,26H,6-9H2,1-5H3/t11-,13?,14?,15?,16-,17+,19+,20?,21+/m0/s1. The molecule has 0 aromatic rings. The van der Waals surface area contributed by atoms with Gasteiger partial charge in [-0.15, -0.1) is 0 Å². The minimum atomic E-state index is -1.63. The molecule has 3 N–H and O–H groups in total. The highest BCUT2D eigenvalue weighted by atomic mass is 16.7. The lowest BCUT2D eigenvalue weighted by atomic mass is 9.41. The van der Waals surface area contributed by atoms with Crippen LogP contribution in [-0.2, 0) is 23.8 Å². The Hall–Kier alpha value is -1.06. The fourth-order valence-electron chi connectivity index (χ4n) is 6.93. The lowest BCUT2D eigenvalue weighted by Gasteiger charge is -2.72. The van der Waals surface area contributed by atoms with Gasteiger partial charge >= 0.3 is 5.97 Å². The molecule has 2 saturated carbocycles. The third kappa shape index (κ3) is 2.44. The monoisotopic (exact) mass is 412 g/mol. The summed E-state index contributed by atoms with van der Waals surface area (Å²) in [6.07, 6.45) is -3.92. The number of esters is 1. The van der Waals surface area contributed by atoms with E-state index in [0.29, 0.717) is 12.8 Å². The maximum atomic E-state index is 13.6. The van der Waals surface area contributed by atoms with Gasteiger partial charge in [0, 0.05) is 24.7 Å². The first-order valence-electron chi connectivity index (χ1n) is 10.4. The van der Waals surface area contributed by atoms with E-state index in [-0.39, 0.29) is 18.8 Å². The largest absolute Gasteiger partial charge is 0.457 e. The predicted molar refractivity (Wildman–Crippen MR) is 99.8 cm³/mol. The summed E-state index contributed by atoms with van der Waals surface area (Å²) < 4.78 is 18.2. The molecular weight excluding hydrogens is 380 g/mol. The lowest BCUT2D eigenvalue weighted by Crippen LogP contribution is -2.87. The quantitative estimate of drug-likeness (QED) is 0.555. The van der Waals surface area contributed by atoms with E-state index < -0.39 is 64.4 Å². The zero-order chi connectivity index (χ0) is 21.6. The number of hydrogen-bond acceptors (Lipinski definition) is 8. The minimum absolute atomic E-state index is 0.0209. The first kappa shape index (κ1) is 21.2. The molecule has 8 heteroatoms. The van der Waals surface area contributed by atoms with Gasteiger partial charge in [-0.3, -0.25) is 9.59 Å². The molecule has 9 atom stereocenters. The first-order chi connectivity index (χ1) is 13.3. The van der Waals surface area contributed by atoms with Crippen molar-refractivity contribution in [3.63, 3.8) is 0 Å². The average molecular weight is 412 g/mol. The zero-order valence-electron chi connectivity index (χ0n) is 17.7. The van der Waals surface area contributed by atoms with Crippen LogP contribution < -0.4 is 0 Å². The number of aliphatic hydroxyl groups excluding tert-OH is 3. The SMILES string of the molecule is CC(=O)OC1C(O)[C@H]2C(C)(C)CC[C@H](O)C2(C)[C@@]23OC(CO)[C@@](C)(CC2=O)O[C@H]13. The molecule has 3 saturated heterocycles. The highest BCUT2D eigenvalue weighted by Crippen LogP contribution is 2.67. The van der Waals surface area contributed by atoms with Crippen LogP contribution in [0.15, 0.2) is 0 Å². The molecule has 164 valence electrons. The Labute approximate surface area is 170 Å². The Morgan fingerprint density at radius 1 is 1.21 bits per heavy atom. The number of Topliss-reactive ketones (excluding diaryl/α,β-unsaturated/α-hetero) is 1. The van der Waals surface area contributed by atoms with Gasteiger partial charge in [-0.2, -0.15) is 0 Å². The zero-order valence-corrected chi connectivity index (χ0v) is 17.7. The summed E-state index contributed by atoms with van der Waals surface area (Å²) in [6.45, 7) is 8.32. The fraction of sp³-hybridized carbons (Fsp3) is 0.905. The first-order valence-corrected chi connectivity index (χ1v) is 10.4. The highest BCUT2D eigenvalue weighted by molar-refractivity contribution is 5.92. The maximum absolute atomic E-state index is 13.6. The van der Waals surface area contributed by atoms with Gasteiger partial charge in [-0.25, -0.2) is 0 Å². The van der Waals surface area contributed by atoms with Crippen LogP contribution in [0.2, 0.25) is 0 Å². The Balaban J connectivity index is 1.96. The normalized spacial score (nSPS) is 53.2. The van der Waals surface area contributed by atoms with Gasteiger partial charge in [0.15, 0.2) is 17.5 Å². The Morgan fingerprint density at radius 3 is 2.45 bits per heavy atom. The molecule has 29 heavy (non-hydrogen) atoms. The number of ether oxygens (including phenoxy) is 3. The van der Waals surface area contributed by atoms with Gasteiger partial charge in [0.25, 0.3) is 0 Å². The van der Waals surface area contributed by atoms with Crippen LogP contribution in [0.3, 0.4) is 0 Å². The van der Waals surface area contributed by atoms with E-state index in [9.17, 15) is 24.9 Å². The molecule has 3 heterocycles. The van der Waals surface area contributed by atoms with Gasteiger partial charge in [-0.1, -0.05) is 20.8 Å². The molecule has 1 spiro atoms. The Kier molecular flexibility index (Phi) is 4.55. The lowest BCUT2D eigenvalue weighted by molar-refractivity contribution is -0.408. The molecule has 4 unspecified atom stereocenters. The Bertz CT molecular complexity index is 736. The second kappa shape index (κ2) is 6.23. The number of carbonyl (C=O) groups is 2. The van der Waals surface area contributed by atoms with Crippen molar-refractivity contribution in [1.82, 2.24) is 0 Å². The van der Waals surface area contributed by atoms with Crippen LogP contribution >= 0.6 is 0 Å². The van der Waals surface area contributed by atoms with Gasteiger partial charge < -0.3 is 29.5 Å². The molecule has 2 bridgehead atoms. The summed E-state index contributed by atoms with van der Waals surface area (Å²) in [5, 5.41) is 32.6. The predicted octanol–water partition coefficient (Wildman–Crippen LogP) is 0.343. The van der Waals surface area contributed by atoms with E-state index in [0.717, 1.165) is 0 Å². The minimum Gasteiger partial charge on any atom is -0.457 e. The van der Waals surface area contributed by atoms with Crippen molar-refractivity contribution in [2.24, 2.45) is 16.7 Å². The van der Waals surface area contributed by atoms with Crippen LogP contribution in [0.1, 0.15) is 53.9 Å². The smallest absolute Gasteiger partial charge is 0.303 e. The van der Waals surface area contributed by atoms with Gasteiger partial charge in [0.05, 0.1) is 18.8 Å². The molecule has 0 aromatic heterocycles. The van der Waals surface area contributed by atoms with E-state index >= 15 is 0 Å². The molecule has 3 aliphatic heterocycles. The fourth-order valence-corrected chi connectivity index (χ4v) is 6.93. The summed E-state index contributed by atoms with van der Waals surface area (Å²) in [5.74, 6) is -1.42. The van der Waals surface area contributed by atoms with E-state index in [1.807, 2.05) is 13.8 Å². The summed E-state index contributed by atoms with van der Waals surface area (Å²) >= 11 is 0. The van der Waals surface area contributed by atoms with Crippen molar-refractivity contribution in [1.29, 1.82) is 0 Å². The molecule has 2 aliphatic carbocycles. The number of carbonyl (C=O) groups excluding carboxylic acids is 2. The molecule has 5 rings (SSSR count). The summed E-state index contributed by atoms with van der Waals surface area (Å²) in [6, 6.07) is 0. The number of rotatable bonds is 2. The van der Waals surface area contributed by atoms with Crippen LogP contribution in [0, 0.1) is 16.7 Å². The van der Waals surface area contributed by atoms with Crippen molar-refractivity contribution in [2.45, 2.75) is 95.6 Å². The molecular formula is C21H32O8. The maximum Gasteiger partial charge on any atom is 0.303 e. The van der Waals surface area contributed by atoms with Crippen molar-refractivity contribution < 1.29 is 39.1 Å². The van der Waals surface area contributed by atoms with Crippen molar-refractivity contribution in [2.75, 3.05) is 6.61 Å². The molecule has 5 aliphatic rings. The van der Waals surface area contributed by atoms with Crippen molar-refractivity contribution in [3.05, 3.63) is 0 Å². The van der Waals surface area contributed by atoms with Crippen molar-refractivity contribution >= 4 is 11.8 Å². The van der Waals surface area contributed by atoms with E-state index in [2.05, 4.69) is 0 Å². The summed E-state index contributed by atoms with van der Waals surface area (Å²) in [7, 11) is 0. The molecule has 5 fully saturated rings. The number of hydrogen-bond donors (Lipinski definition) is 3. The summed E-state index contributed by atoms with van der Waals surface area (Å²) in [4.78, 5) is 25.5. The van der Waals surface area contributed by atoms with Crippen LogP contribution in [0.5, 0.6) is 0 Å². The van der Waals surface area contributed by atoms with E-state index in [1.165, 1.54) is 6.92 Å². The van der Waals surface area contributed by atoms with Crippen molar-refractivity contribution in [3.8, 4) is 0 Å². The second-order valence-corrected chi connectivity index (χ2v) is 10.3. The molecule has 0 amide bonds. The average Bonchev–Trinajstić information content (AvgIpc) is 2.61. The molecule has 0 radical (unpaired) electrons. The molecule has 8 nitrogen and oxygen atoms in total. The molecule has 0 aromatic carbocycles. The highest BCUT2D eigenvalue weighted by Gasteiger charge is 2.81. The van der Waals surface area contributed by atoms with E-state index in [4.69, 9.17) is 14.2 Å². The number of fused-ring (bicyclic) bond motifs is 3. The van der Waals surface area contributed by atoms with Crippen LogP contribution in [0.4, 0.5) is 0 Å². The second-order valence-electron chi connectivity index (χ2n) is 10.3. The van der Waals surface area contributed by atoms with Gasteiger partial charge in [0.1, 0.15) is 17.8 Å².